The predicted octanol–water partition coefficient (Wildman–Crippen LogP) is 5.46. The van der Waals surface area contributed by atoms with Crippen molar-refractivity contribution in [3.8, 4) is 0 Å². The van der Waals surface area contributed by atoms with Crippen molar-refractivity contribution in [2.75, 3.05) is 11.9 Å². The second kappa shape index (κ2) is 7.39. The van der Waals surface area contributed by atoms with Crippen molar-refractivity contribution >= 4 is 61.8 Å². The quantitative estimate of drug-likeness (QED) is 0.557. The van der Waals surface area contributed by atoms with Crippen molar-refractivity contribution in [1.82, 2.24) is 4.98 Å². The van der Waals surface area contributed by atoms with Crippen molar-refractivity contribution < 1.29 is 4.74 Å². The zero-order valence-corrected chi connectivity index (χ0v) is 16.4. The summed E-state index contributed by atoms with van der Waals surface area (Å²) in [6.45, 7) is 1.44. The van der Waals surface area contributed by atoms with E-state index >= 15 is 0 Å². The van der Waals surface area contributed by atoms with E-state index in [1.807, 2.05) is 12.1 Å². The first-order valence-corrected chi connectivity index (χ1v) is 10.5. The Morgan fingerprint density at radius 2 is 2.28 bits per heavy atom. The number of fused-ring (bicyclic) bond motifs is 1. The van der Waals surface area contributed by atoms with Gasteiger partial charge in [-0.15, -0.1) is 22.7 Å². The second-order valence-electron chi connectivity index (χ2n) is 5.98. The van der Waals surface area contributed by atoms with Gasteiger partial charge >= 0.3 is 0 Å². The van der Waals surface area contributed by atoms with Gasteiger partial charge in [0.25, 0.3) is 0 Å². The lowest BCUT2D eigenvalue weighted by atomic mass is 10.0. The molecule has 8 heteroatoms. The predicted molar refractivity (Wildman–Crippen MR) is 107 cm³/mol. The zero-order chi connectivity index (χ0) is 17.4. The van der Waals surface area contributed by atoms with Crippen LogP contribution in [0.4, 0.5) is 5.69 Å². The van der Waals surface area contributed by atoms with Crippen LogP contribution in [0.5, 0.6) is 0 Å². The van der Waals surface area contributed by atoms with Gasteiger partial charge in [-0.3, -0.25) is 0 Å². The molecule has 3 N–H and O–H groups in total. The summed E-state index contributed by atoms with van der Waals surface area (Å²) in [5.41, 5.74) is 7.90. The lowest BCUT2D eigenvalue weighted by Gasteiger charge is -2.28. The Kier molecular flexibility index (Phi) is 5.18. The van der Waals surface area contributed by atoms with E-state index < -0.39 is 0 Å². The van der Waals surface area contributed by atoms with Crippen LogP contribution in [0, 0.1) is 0 Å². The van der Waals surface area contributed by atoms with Gasteiger partial charge in [-0.1, -0.05) is 29.3 Å². The van der Waals surface area contributed by atoms with Crippen LogP contribution >= 0.6 is 45.9 Å². The molecule has 4 rings (SSSR count). The molecule has 25 heavy (non-hydrogen) atoms. The monoisotopic (exact) mass is 413 g/mol. The van der Waals surface area contributed by atoms with E-state index in [1.165, 1.54) is 4.88 Å². The lowest BCUT2D eigenvalue weighted by Crippen LogP contribution is -2.34. The Bertz CT molecular complexity index is 882. The fourth-order valence-corrected chi connectivity index (χ4v) is 5.51. The number of halogens is 2. The Hall–Kier alpha value is -0.890. The van der Waals surface area contributed by atoms with Crippen LogP contribution < -0.4 is 11.1 Å². The van der Waals surface area contributed by atoms with Gasteiger partial charge in [0, 0.05) is 30.1 Å². The van der Waals surface area contributed by atoms with Crippen LogP contribution in [-0.4, -0.2) is 17.6 Å². The summed E-state index contributed by atoms with van der Waals surface area (Å²) in [7, 11) is 0. The highest BCUT2D eigenvalue weighted by Gasteiger charge is 2.30. The number of thiophene rings is 2. The van der Waals surface area contributed by atoms with Gasteiger partial charge in [0.2, 0.25) is 0 Å². The van der Waals surface area contributed by atoms with E-state index in [9.17, 15) is 0 Å². The lowest BCUT2D eigenvalue weighted by molar-refractivity contribution is 0.00244. The van der Waals surface area contributed by atoms with Gasteiger partial charge in [0.1, 0.15) is 16.8 Å². The molecule has 132 valence electrons. The van der Waals surface area contributed by atoms with Crippen molar-refractivity contribution in [3.05, 3.63) is 43.5 Å². The Balaban J connectivity index is 1.72. The SMILES string of the molecule is N[C@@H]1CCCO[C@H]1c1sc2c(NCc3cccs3)cc(Cl)nc2c1Cl. The molecule has 1 aliphatic rings. The van der Waals surface area contributed by atoms with Gasteiger partial charge in [-0.2, -0.15) is 0 Å². The van der Waals surface area contributed by atoms with Crippen LogP contribution in [0.2, 0.25) is 10.2 Å². The van der Waals surface area contributed by atoms with Gasteiger partial charge in [-0.25, -0.2) is 4.98 Å². The van der Waals surface area contributed by atoms with Crippen LogP contribution in [-0.2, 0) is 11.3 Å². The van der Waals surface area contributed by atoms with Crippen molar-refractivity contribution in [3.63, 3.8) is 0 Å². The van der Waals surface area contributed by atoms with Crippen molar-refractivity contribution in [2.24, 2.45) is 5.73 Å². The Morgan fingerprint density at radius 3 is 3.04 bits per heavy atom. The molecule has 3 aromatic rings. The average Bonchev–Trinajstić information content (AvgIpc) is 3.22. The highest BCUT2D eigenvalue weighted by molar-refractivity contribution is 7.20. The molecular weight excluding hydrogens is 397 g/mol. The third-order valence-electron chi connectivity index (χ3n) is 4.24. The number of ether oxygens (including phenoxy) is 1. The fourth-order valence-electron chi connectivity index (χ4n) is 3.01. The molecule has 0 aromatic carbocycles. The molecule has 0 bridgehead atoms. The van der Waals surface area contributed by atoms with Gasteiger partial charge < -0.3 is 15.8 Å². The van der Waals surface area contributed by atoms with Crippen LogP contribution in [0.1, 0.15) is 28.7 Å². The first kappa shape index (κ1) is 17.5. The molecule has 1 saturated heterocycles. The number of hydrogen-bond donors (Lipinski definition) is 2. The topological polar surface area (TPSA) is 60.2 Å². The molecule has 1 fully saturated rings. The first-order valence-electron chi connectivity index (χ1n) is 8.05. The Labute approximate surface area is 163 Å². The summed E-state index contributed by atoms with van der Waals surface area (Å²) < 4.78 is 6.89. The summed E-state index contributed by atoms with van der Waals surface area (Å²) in [5.74, 6) is 0. The number of pyridine rings is 1. The molecule has 3 aromatic heterocycles. The van der Waals surface area contributed by atoms with Gasteiger partial charge in [0.05, 0.1) is 20.3 Å². The molecule has 4 nitrogen and oxygen atoms in total. The van der Waals surface area contributed by atoms with Crippen LogP contribution in [0.15, 0.2) is 23.6 Å². The van der Waals surface area contributed by atoms with Crippen LogP contribution in [0.3, 0.4) is 0 Å². The number of anilines is 1. The van der Waals surface area contributed by atoms with E-state index in [0.29, 0.717) is 22.3 Å². The standard InChI is InChI=1S/C17H17Cl2N3OS2/c18-12-7-11(21-8-9-3-2-6-24-9)16-14(22-12)13(19)17(25-16)15-10(20)4-1-5-23-15/h2-3,6-7,10,15H,1,4-5,8,20H2,(H,21,22)/t10-,15-/m1/s1. The molecule has 0 saturated carbocycles. The molecule has 1 aliphatic heterocycles. The maximum Gasteiger partial charge on any atom is 0.131 e. The number of nitrogens with zero attached hydrogens (tertiary/aromatic N) is 1. The van der Waals surface area contributed by atoms with Crippen LogP contribution in [0.25, 0.3) is 10.2 Å². The third-order valence-corrected chi connectivity index (χ3v) is 7.08. The minimum atomic E-state index is -0.177. The van der Waals surface area contributed by atoms with E-state index in [1.54, 1.807) is 22.7 Å². The third kappa shape index (κ3) is 3.52. The van der Waals surface area contributed by atoms with E-state index in [-0.39, 0.29) is 12.1 Å². The zero-order valence-electron chi connectivity index (χ0n) is 13.3. The smallest absolute Gasteiger partial charge is 0.131 e. The largest absolute Gasteiger partial charge is 0.379 e. The number of aromatic nitrogens is 1. The molecule has 4 heterocycles. The van der Waals surface area contributed by atoms with Gasteiger partial charge in [-0.05, 0) is 24.3 Å². The number of nitrogens with one attached hydrogen (secondary N) is 1. The minimum absolute atomic E-state index is 0.0442. The summed E-state index contributed by atoms with van der Waals surface area (Å²) in [6.07, 6.45) is 1.74. The molecule has 2 atom stereocenters. The molecular formula is C17H17Cl2N3OS2. The molecule has 0 spiro atoms. The van der Waals surface area contributed by atoms with E-state index in [2.05, 4.69) is 21.7 Å². The minimum Gasteiger partial charge on any atom is -0.379 e. The normalized spacial score (nSPS) is 20.9. The van der Waals surface area contributed by atoms with Gasteiger partial charge in [0.15, 0.2) is 0 Å². The molecule has 0 amide bonds. The fraction of sp³-hybridized carbons (Fsp3) is 0.353. The first-order chi connectivity index (χ1) is 12.1. The second-order valence-corrected chi connectivity index (χ2v) is 8.83. The summed E-state index contributed by atoms with van der Waals surface area (Å²) in [4.78, 5) is 6.63. The number of rotatable bonds is 4. The molecule has 0 radical (unpaired) electrons. The summed E-state index contributed by atoms with van der Waals surface area (Å²) in [6, 6.07) is 5.94. The summed E-state index contributed by atoms with van der Waals surface area (Å²) >= 11 is 16.2. The molecule has 0 aliphatic carbocycles. The Morgan fingerprint density at radius 1 is 1.40 bits per heavy atom. The van der Waals surface area contributed by atoms with E-state index in [0.717, 1.165) is 34.7 Å². The number of nitrogens with two attached hydrogens (primary N) is 1. The maximum absolute atomic E-state index is 6.63. The highest BCUT2D eigenvalue weighted by atomic mass is 35.5. The van der Waals surface area contributed by atoms with E-state index in [4.69, 9.17) is 33.7 Å². The summed E-state index contributed by atoms with van der Waals surface area (Å²) in [5, 5.41) is 6.53. The average molecular weight is 414 g/mol. The van der Waals surface area contributed by atoms with Crippen molar-refractivity contribution in [1.29, 1.82) is 0 Å². The van der Waals surface area contributed by atoms with Crippen molar-refractivity contribution in [2.45, 2.75) is 31.5 Å². The number of hydrogen-bond acceptors (Lipinski definition) is 6. The molecule has 0 unspecified atom stereocenters. The maximum atomic E-state index is 6.63. The highest BCUT2D eigenvalue weighted by Crippen LogP contribution is 2.45.